The Morgan fingerprint density at radius 3 is 2.78 bits per heavy atom. The standard InChI is InChI=1S/C17H18N2O4/c1-11-12(7-8-13(18-11)15-6-4-10-23-15)16(20)19-9-3-2-5-14(19)17(21)22/h4,6-8,10,14H,2-3,5,9H2,1H3,(H,21,22)/t14-/m1/s1. The number of amides is 1. The lowest BCUT2D eigenvalue weighted by molar-refractivity contribution is -0.143. The lowest BCUT2D eigenvalue weighted by Crippen LogP contribution is -2.48. The lowest BCUT2D eigenvalue weighted by atomic mass is 10.0. The number of furan rings is 1. The van der Waals surface area contributed by atoms with Gasteiger partial charge in [-0.15, -0.1) is 0 Å². The van der Waals surface area contributed by atoms with Crippen LogP contribution in [-0.4, -0.2) is 39.5 Å². The molecular weight excluding hydrogens is 296 g/mol. The van der Waals surface area contributed by atoms with Gasteiger partial charge in [0, 0.05) is 6.54 Å². The van der Waals surface area contributed by atoms with Crippen molar-refractivity contribution in [2.45, 2.75) is 32.2 Å². The van der Waals surface area contributed by atoms with E-state index in [1.807, 2.05) is 0 Å². The molecule has 0 spiro atoms. The van der Waals surface area contributed by atoms with Crippen molar-refractivity contribution < 1.29 is 19.1 Å². The van der Waals surface area contributed by atoms with Crippen LogP contribution in [0.25, 0.3) is 11.5 Å². The third-order valence-corrected chi connectivity index (χ3v) is 4.14. The van der Waals surface area contributed by atoms with Crippen LogP contribution in [0.2, 0.25) is 0 Å². The molecule has 0 bridgehead atoms. The van der Waals surface area contributed by atoms with Gasteiger partial charge in [-0.2, -0.15) is 0 Å². The molecule has 1 amide bonds. The second-order valence-electron chi connectivity index (χ2n) is 5.66. The van der Waals surface area contributed by atoms with Crippen LogP contribution in [0.1, 0.15) is 35.3 Å². The second kappa shape index (κ2) is 6.24. The van der Waals surface area contributed by atoms with Crippen LogP contribution in [0.15, 0.2) is 34.9 Å². The van der Waals surface area contributed by atoms with Gasteiger partial charge in [-0.25, -0.2) is 9.78 Å². The molecule has 3 rings (SSSR count). The first-order chi connectivity index (χ1) is 11.1. The summed E-state index contributed by atoms with van der Waals surface area (Å²) >= 11 is 0. The molecule has 1 fully saturated rings. The Morgan fingerprint density at radius 1 is 1.30 bits per heavy atom. The molecule has 1 aliphatic rings. The number of hydrogen-bond acceptors (Lipinski definition) is 4. The minimum Gasteiger partial charge on any atom is -0.480 e. The number of carbonyl (C=O) groups is 2. The molecule has 120 valence electrons. The number of aromatic nitrogens is 1. The van der Waals surface area contributed by atoms with Crippen LogP contribution in [0.3, 0.4) is 0 Å². The highest BCUT2D eigenvalue weighted by Crippen LogP contribution is 2.23. The Bertz CT molecular complexity index is 724. The monoisotopic (exact) mass is 314 g/mol. The van der Waals surface area contributed by atoms with Crippen molar-refractivity contribution in [3.8, 4) is 11.5 Å². The molecule has 2 aromatic rings. The summed E-state index contributed by atoms with van der Waals surface area (Å²) in [5.74, 6) is -0.586. The first-order valence-corrected chi connectivity index (χ1v) is 7.63. The van der Waals surface area contributed by atoms with Crippen molar-refractivity contribution in [2.24, 2.45) is 0 Å². The maximum atomic E-state index is 12.7. The number of nitrogens with zero attached hydrogens (tertiary/aromatic N) is 2. The van der Waals surface area contributed by atoms with Crippen molar-refractivity contribution in [3.05, 3.63) is 41.8 Å². The van der Waals surface area contributed by atoms with Crippen LogP contribution >= 0.6 is 0 Å². The second-order valence-corrected chi connectivity index (χ2v) is 5.66. The molecule has 1 aliphatic heterocycles. The summed E-state index contributed by atoms with van der Waals surface area (Å²) < 4.78 is 5.30. The summed E-state index contributed by atoms with van der Waals surface area (Å²) in [6.45, 7) is 2.22. The molecule has 0 unspecified atom stereocenters. The summed E-state index contributed by atoms with van der Waals surface area (Å²) in [5, 5.41) is 9.32. The number of pyridine rings is 1. The van der Waals surface area contributed by atoms with E-state index in [9.17, 15) is 14.7 Å². The Kier molecular flexibility index (Phi) is 4.14. The summed E-state index contributed by atoms with van der Waals surface area (Å²) in [7, 11) is 0. The van der Waals surface area contributed by atoms with Gasteiger partial charge in [-0.05, 0) is 50.5 Å². The topological polar surface area (TPSA) is 83.6 Å². The molecule has 23 heavy (non-hydrogen) atoms. The molecule has 0 aliphatic carbocycles. The molecule has 1 atom stereocenters. The fourth-order valence-corrected chi connectivity index (χ4v) is 2.93. The summed E-state index contributed by atoms with van der Waals surface area (Å²) in [6, 6.07) is 6.24. The molecule has 6 heteroatoms. The van der Waals surface area contributed by atoms with E-state index >= 15 is 0 Å². The number of piperidine rings is 1. The normalized spacial score (nSPS) is 18.0. The number of carboxylic acid groups (broad SMARTS) is 1. The van der Waals surface area contributed by atoms with Gasteiger partial charge in [0.05, 0.1) is 17.5 Å². The van der Waals surface area contributed by atoms with Gasteiger partial charge in [0.25, 0.3) is 5.91 Å². The van der Waals surface area contributed by atoms with Crippen LogP contribution in [0, 0.1) is 6.92 Å². The fraction of sp³-hybridized carbons (Fsp3) is 0.353. The van der Waals surface area contributed by atoms with E-state index in [-0.39, 0.29) is 5.91 Å². The predicted molar refractivity (Wildman–Crippen MR) is 83.0 cm³/mol. The number of likely N-dealkylation sites (tertiary alicyclic amines) is 1. The average molecular weight is 314 g/mol. The summed E-state index contributed by atoms with van der Waals surface area (Å²) in [4.78, 5) is 30.0. The van der Waals surface area contributed by atoms with E-state index in [0.717, 1.165) is 12.8 Å². The van der Waals surface area contributed by atoms with Crippen molar-refractivity contribution in [3.63, 3.8) is 0 Å². The van der Waals surface area contributed by atoms with Crippen LogP contribution in [-0.2, 0) is 4.79 Å². The zero-order valence-electron chi connectivity index (χ0n) is 12.9. The number of hydrogen-bond donors (Lipinski definition) is 1. The smallest absolute Gasteiger partial charge is 0.326 e. The number of carboxylic acids is 1. The zero-order valence-corrected chi connectivity index (χ0v) is 12.9. The molecule has 6 nitrogen and oxygen atoms in total. The molecule has 0 radical (unpaired) electrons. The molecule has 1 saturated heterocycles. The number of carbonyl (C=O) groups excluding carboxylic acids is 1. The van der Waals surface area contributed by atoms with Crippen molar-refractivity contribution in [2.75, 3.05) is 6.54 Å². The SMILES string of the molecule is Cc1nc(-c2ccco2)ccc1C(=O)N1CCCC[C@@H]1C(=O)O. The summed E-state index contributed by atoms with van der Waals surface area (Å²) in [6.07, 6.45) is 3.72. The Labute approximate surface area is 133 Å². The van der Waals surface area contributed by atoms with Gasteiger partial charge in [-0.1, -0.05) is 0 Å². The van der Waals surface area contributed by atoms with Crippen LogP contribution in [0.5, 0.6) is 0 Å². The van der Waals surface area contributed by atoms with E-state index < -0.39 is 12.0 Å². The van der Waals surface area contributed by atoms with Gasteiger partial charge in [-0.3, -0.25) is 4.79 Å². The molecule has 3 heterocycles. The van der Waals surface area contributed by atoms with Crippen LogP contribution < -0.4 is 0 Å². The summed E-state index contributed by atoms with van der Waals surface area (Å²) in [5.41, 5.74) is 1.66. The largest absolute Gasteiger partial charge is 0.480 e. The molecule has 1 N–H and O–H groups in total. The van der Waals surface area contributed by atoms with Gasteiger partial charge >= 0.3 is 5.97 Å². The zero-order chi connectivity index (χ0) is 16.4. The van der Waals surface area contributed by atoms with Gasteiger partial charge in [0.2, 0.25) is 0 Å². The highest BCUT2D eigenvalue weighted by atomic mass is 16.4. The van der Waals surface area contributed by atoms with E-state index in [1.165, 1.54) is 4.90 Å². The maximum absolute atomic E-state index is 12.7. The molecule has 0 aromatic carbocycles. The molecule has 2 aromatic heterocycles. The van der Waals surface area contributed by atoms with Gasteiger partial charge in [0.15, 0.2) is 5.76 Å². The Balaban J connectivity index is 1.88. The number of aryl methyl sites for hydroxylation is 1. The van der Waals surface area contributed by atoms with Gasteiger partial charge < -0.3 is 14.4 Å². The highest BCUT2D eigenvalue weighted by Gasteiger charge is 2.33. The van der Waals surface area contributed by atoms with E-state index in [1.54, 1.807) is 37.5 Å². The van der Waals surface area contributed by atoms with E-state index in [4.69, 9.17) is 4.42 Å². The highest BCUT2D eigenvalue weighted by molar-refractivity contribution is 5.97. The lowest BCUT2D eigenvalue weighted by Gasteiger charge is -2.33. The number of aliphatic carboxylic acids is 1. The quantitative estimate of drug-likeness (QED) is 0.941. The number of rotatable bonds is 3. The van der Waals surface area contributed by atoms with Crippen molar-refractivity contribution >= 4 is 11.9 Å². The van der Waals surface area contributed by atoms with Crippen LogP contribution in [0.4, 0.5) is 0 Å². The Morgan fingerprint density at radius 2 is 2.13 bits per heavy atom. The molecular formula is C17H18N2O4. The third kappa shape index (κ3) is 2.97. The minimum absolute atomic E-state index is 0.270. The third-order valence-electron chi connectivity index (χ3n) is 4.14. The first kappa shape index (κ1) is 15.3. The Hall–Kier alpha value is -2.63. The predicted octanol–water partition coefficient (Wildman–Crippen LogP) is 2.73. The van der Waals surface area contributed by atoms with E-state index in [0.29, 0.717) is 35.7 Å². The maximum Gasteiger partial charge on any atom is 0.326 e. The first-order valence-electron chi connectivity index (χ1n) is 7.63. The van der Waals surface area contributed by atoms with Crippen molar-refractivity contribution in [1.82, 2.24) is 9.88 Å². The molecule has 0 saturated carbocycles. The fourth-order valence-electron chi connectivity index (χ4n) is 2.93. The van der Waals surface area contributed by atoms with Gasteiger partial charge in [0.1, 0.15) is 11.7 Å². The van der Waals surface area contributed by atoms with Crippen molar-refractivity contribution in [1.29, 1.82) is 0 Å². The van der Waals surface area contributed by atoms with E-state index in [2.05, 4.69) is 4.98 Å². The minimum atomic E-state index is -0.948. The average Bonchev–Trinajstić information content (AvgIpc) is 3.08.